The number of sulfone groups is 1. The molecule has 3 rings (SSSR count). The molecule has 0 fully saturated rings. The molecular weight excluding hydrogens is 432 g/mol. The van der Waals surface area contributed by atoms with E-state index in [1.54, 1.807) is 0 Å². The van der Waals surface area contributed by atoms with E-state index < -0.39 is 9.84 Å². The maximum absolute atomic E-state index is 12.3. The zero-order valence-corrected chi connectivity index (χ0v) is 18.5. The number of ether oxygens (including phenoxy) is 1. The third kappa shape index (κ3) is 5.26. The Bertz CT molecular complexity index is 1200. The molecule has 0 unspecified atom stereocenters. The molecular formula is C20H21ClN2O4S2. The van der Waals surface area contributed by atoms with Crippen molar-refractivity contribution >= 4 is 48.9 Å². The normalized spacial score (nSPS) is 12.4. The topological polar surface area (TPSA) is 77.7 Å². The summed E-state index contributed by atoms with van der Waals surface area (Å²) in [6.45, 7) is 2.50. The zero-order chi connectivity index (χ0) is 21.0. The lowest BCUT2D eigenvalue weighted by atomic mass is 10.3. The highest BCUT2D eigenvalue weighted by Gasteiger charge is 2.15. The second kappa shape index (κ2) is 9.11. The highest BCUT2D eigenvalue weighted by atomic mass is 35.5. The summed E-state index contributed by atoms with van der Waals surface area (Å²) in [5.41, 5.74) is 0.954. The Morgan fingerprint density at radius 2 is 1.93 bits per heavy atom. The number of nitrogens with zero attached hydrogens (tertiary/aromatic N) is 2. The Hall–Kier alpha value is -2.16. The van der Waals surface area contributed by atoms with E-state index in [-0.39, 0.29) is 29.4 Å². The number of benzene rings is 2. The van der Waals surface area contributed by atoms with Crippen LogP contribution in [0.4, 0.5) is 0 Å². The van der Waals surface area contributed by atoms with Crippen molar-refractivity contribution in [3.8, 4) is 5.75 Å². The van der Waals surface area contributed by atoms with E-state index in [2.05, 4.69) is 4.99 Å². The fraction of sp³-hybridized carbons (Fsp3) is 0.300. The Labute approximate surface area is 178 Å². The Morgan fingerprint density at radius 3 is 2.62 bits per heavy atom. The van der Waals surface area contributed by atoms with Crippen molar-refractivity contribution in [1.82, 2.24) is 4.57 Å². The summed E-state index contributed by atoms with van der Waals surface area (Å²) >= 11 is 7.19. The van der Waals surface area contributed by atoms with E-state index in [9.17, 15) is 13.2 Å². The highest BCUT2D eigenvalue weighted by Crippen LogP contribution is 2.23. The summed E-state index contributed by atoms with van der Waals surface area (Å²) < 4.78 is 33.0. The molecule has 3 aromatic rings. The average molecular weight is 453 g/mol. The summed E-state index contributed by atoms with van der Waals surface area (Å²) in [5, 5.41) is 0.475. The van der Waals surface area contributed by atoms with Crippen molar-refractivity contribution in [2.75, 3.05) is 12.4 Å². The minimum Gasteiger partial charge on any atom is -0.494 e. The molecule has 29 heavy (non-hydrogen) atoms. The fourth-order valence-electron chi connectivity index (χ4n) is 2.81. The second-order valence-corrected chi connectivity index (χ2v) is 9.94. The number of hydrogen-bond acceptors (Lipinski definition) is 5. The lowest BCUT2D eigenvalue weighted by Gasteiger charge is -2.03. The van der Waals surface area contributed by atoms with Crippen LogP contribution in [-0.4, -0.2) is 31.3 Å². The van der Waals surface area contributed by atoms with E-state index >= 15 is 0 Å². The molecule has 0 saturated carbocycles. The first kappa shape index (κ1) is 21.5. The van der Waals surface area contributed by atoms with Gasteiger partial charge in [-0.3, -0.25) is 4.79 Å². The van der Waals surface area contributed by atoms with Crippen LogP contribution in [0.5, 0.6) is 5.75 Å². The highest BCUT2D eigenvalue weighted by molar-refractivity contribution is 7.91. The van der Waals surface area contributed by atoms with E-state index in [0.29, 0.717) is 16.4 Å². The Kier molecular flexibility index (Phi) is 6.77. The molecule has 0 aliphatic rings. The molecule has 0 bridgehead atoms. The molecule has 0 atom stereocenters. The van der Waals surface area contributed by atoms with Gasteiger partial charge in [0.25, 0.3) is 0 Å². The van der Waals surface area contributed by atoms with Gasteiger partial charge in [0.1, 0.15) is 5.75 Å². The van der Waals surface area contributed by atoms with Crippen LogP contribution in [0.3, 0.4) is 0 Å². The maximum atomic E-state index is 12.3. The van der Waals surface area contributed by atoms with Gasteiger partial charge in [-0.15, -0.1) is 0 Å². The van der Waals surface area contributed by atoms with Crippen LogP contribution < -0.4 is 9.54 Å². The summed E-state index contributed by atoms with van der Waals surface area (Å²) in [4.78, 5) is 17.2. The first-order valence-corrected chi connectivity index (χ1v) is 11.9. The van der Waals surface area contributed by atoms with E-state index in [4.69, 9.17) is 16.3 Å². The number of amides is 1. The number of aromatic nitrogens is 1. The number of rotatable bonds is 7. The quantitative estimate of drug-likeness (QED) is 0.543. The minimum atomic E-state index is -3.45. The largest absolute Gasteiger partial charge is 0.494 e. The van der Waals surface area contributed by atoms with Crippen molar-refractivity contribution < 1.29 is 17.9 Å². The molecule has 1 aromatic heterocycles. The number of hydrogen-bond donors (Lipinski definition) is 0. The lowest BCUT2D eigenvalue weighted by molar-refractivity contribution is -0.118. The number of carbonyl (C=O) groups excluding carboxylic acids is 1. The van der Waals surface area contributed by atoms with Crippen LogP contribution in [0.2, 0.25) is 5.02 Å². The van der Waals surface area contributed by atoms with Gasteiger partial charge in [0.05, 0.1) is 27.5 Å². The molecule has 1 amide bonds. The SMILES string of the molecule is CCOc1ccc2c(c1)sc(=NC(=O)CCCS(=O)(=O)c1ccc(Cl)cc1)n2C. The Balaban J connectivity index is 1.69. The number of thiazole rings is 1. The fourth-order valence-corrected chi connectivity index (χ4v) is 5.31. The van der Waals surface area contributed by atoms with Crippen LogP contribution in [-0.2, 0) is 21.7 Å². The van der Waals surface area contributed by atoms with Crippen LogP contribution in [0.25, 0.3) is 10.2 Å². The third-order valence-corrected chi connectivity index (χ3v) is 7.45. The molecule has 0 aliphatic heterocycles. The summed E-state index contributed by atoms with van der Waals surface area (Å²) in [6.07, 6.45) is 0.266. The van der Waals surface area contributed by atoms with Crippen molar-refractivity contribution in [3.05, 3.63) is 52.3 Å². The smallest absolute Gasteiger partial charge is 0.248 e. The average Bonchev–Trinajstić information content (AvgIpc) is 2.97. The van der Waals surface area contributed by atoms with Gasteiger partial charge in [-0.2, -0.15) is 4.99 Å². The maximum Gasteiger partial charge on any atom is 0.248 e. The molecule has 0 aliphatic carbocycles. The van der Waals surface area contributed by atoms with Crippen LogP contribution in [0, 0.1) is 0 Å². The lowest BCUT2D eigenvalue weighted by Crippen LogP contribution is -2.14. The van der Waals surface area contributed by atoms with Crippen molar-refractivity contribution in [2.24, 2.45) is 12.0 Å². The first-order valence-electron chi connectivity index (χ1n) is 9.08. The van der Waals surface area contributed by atoms with Gasteiger partial charge in [0.2, 0.25) is 5.91 Å². The predicted octanol–water partition coefficient (Wildman–Crippen LogP) is 3.97. The van der Waals surface area contributed by atoms with Gasteiger partial charge in [-0.05, 0) is 55.8 Å². The van der Waals surface area contributed by atoms with Crippen LogP contribution in [0.15, 0.2) is 52.4 Å². The Morgan fingerprint density at radius 1 is 1.21 bits per heavy atom. The summed E-state index contributed by atoms with van der Waals surface area (Å²) in [5.74, 6) is 0.308. The van der Waals surface area contributed by atoms with Gasteiger partial charge >= 0.3 is 0 Å². The molecule has 6 nitrogen and oxygen atoms in total. The monoisotopic (exact) mass is 452 g/mol. The predicted molar refractivity (Wildman–Crippen MR) is 115 cm³/mol. The number of aryl methyl sites for hydroxylation is 1. The molecule has 0 saturated heterocycles. The molecule has 9 heteroatoms. The number of carbonyl (C=O) groups is 1. The van der Waals surface area contributed by atoms with Crippen LogP contribution in [0.1, 0.15) is 19.8 Å². The number of halogens is 1. The molecule has 2 aromatic carbocycles. The van der Waals surface area contributed by atoms with Gasteiger partial charge in [-0.25, -0.2) is 8.42 Å². The number of fused-ring (bicyclic) bond motifs is 1. The van der Waals surface area contributed by atoms with E-state index in [0.717, 1.165) is 16.0 Å². The standard InChI is InChI=1S/C20H21ClN2O4S2/c1-3-27-15-8-11-17-18(13-15)28-20(23(17)2)22-19(24)5-4-12-29(25,26)16-9-6-14(21)7-10-16/h6-11,13H,3-5,12H2,1-2H3. The molecule has 0 N–H and O–H groups in total. The molecule has 0 spiro atoms. The summed E-state index contributed by atoms with van der Waals surface area (Å²) in [6, 6.07) is 11.7. The van der Waals surface area contributed by atoms with E-state index in [1.807, 2.05) is 36.7 Å². The second-order valence-electron chi connectivity index (χ2n) is 6.39. The first-order chi connectivity index (χ1) is 13.8. The van der Waals surface area contributed by atoms with Crippen molar-refractivity contribution in [1.29, 1.82) is 0 Å². The zero-order valence-electron chi connectivity index (χ0n) is 16.1. The third-order valence-electron chi connectivity index (χ3n) is 4.29. The molecule has 1 heterocycles. The molecule has 154 valence electrons. The summed E-state index contributed by atoms with van der Waals surface area (Å²) in [7, 11) is -1.61. The molecule has 0 radical (unpaired) electrons. The van der Waals surface area contributed by atoms with Gasteiger partial charge in [-0.1, -0.05) is 22.9 Å². The van der Waals surface area contributed by atoms with Gasteiger partial charge in [0.15, 0.2) is 14.6 Å². The van der Waals surface area contributed by atoms with Crippen molar-refractivity contribution in [2.45, 2.75) is 24.7 Å². The van der Waals surface area contributed by atoms with Crippen molar-refractivity contribution in [3.63, 3.8) is 0 Å². The van der Waals surface area contributed by atoms with E-state index in [1.165, 1.54) is 35.6 Å². The van der Waals surface area contributed by atoms with Gasteiger partial charge in [0, 0.05) is 18.5 Å². The minimum absolute atomic E-state index is 0.0608. The van der Waals surface area contributed by atoms with Gasteiger partial charge < -0.3 is 9.30 Å². The van der Waals surface area contributed by atoms with Crippen LogP contribution >= 0.6 is 22.9 Å².